The molecule has 1 saturated heterocycles. The molecule has 1 saturated carbocycles. The highest BCUT2D eigenvalue weighted by atomic mass is 19.1. The molecule has 0 unspecified atom stereocenters. The summed E-state index contributed by atoms with van der Waals surface area (Å²) in [6.45, 7) is 7.15. The van der Waals surface area contributed by atoms with Crippen molar-refractivity contribution >= 4 is 17.5 Å². The minimum absolute atomic E-state index is 0.0598. The van der Waals surface area contributed by atoms with Gasteiger partial charge in [-0.15, -0.1) is 0 Å². The number of halogens is 1. The number of nitrogens with one attached hydrogen (secondary N) is 1. The fourth-order valence-electron chi connectivity index (χ4n) is 5.07. The first-order chi connectivity index (χ1) is 15.7. The standard InChI is InChI=1S/C25H28FN5O2/c1-24(2,3)18-14-19(16-6-8-17(26)9-7-16)29-31-15-20(28-21(18)31)22(32)30-13-12-27-23(33)25(30)10-4-5-11-25/h6-9,14-15H,4-5,10-13H2,1-3H3,(H,27,33). The van der Waals surface area contributed by atoms with Crippen LogP contribution in [0.4, 0.5) is 4.39 Å². The Balaban J connectivity index is 1.61. The van der Waals surface area contributed by atoms with Crippen molar-refractivity contribution in [1.29, 1.82) is 0 Å². The van der Waals surface area contributed by atoms with Crippen molar-refractivity contribution in [3.05, 3.63) is 53.6 Å². The van der Waals surface area contributed by atoms with Gasteiger partial charge in [0.2, 0.25) is 5.91 Å². The number of rotatable bonds is 2. The zero-order valence-corrected chi connectivity index (χ0v) is 19.2. The molecule has 5 rings (SSSR count). The zero-order valence-electron chi connectivity index (χ0n) is 19.2. The van der Waals surface area contributed by atoms with Crippen molar-refractivity contribution in [1.82, 2.24) is 24.8 Å². The average Bonchev–Trinajstić information content (AvgIpc) is 3.42. The first-order valence-corrected chi connectivity index (χ1v) is 11.5. The molecule has 33 heavy (non-hydrogen) atoms. The van der Waals surface area contributed by atoms with Crippen LogP contribution in [-0.2, 0) is 10.2 Å². The van der Waals surface area contributed by atoms with E-state index in [-0.39, 0.29) is 28.7 Å². The molecule has 3 heterocycles. The van der Waals surface area contributed by atoms with Gasteiger partial charge in [0.1, 0.15) is 17.1 Å². The van der Waals surface area contributed by atoms with E-state index in [1.807, 2.05) is 6.07 Å². The number of nitrogens with zero attached hydrogens (tertiary/aromatic N) is 4. The van der Waals surface area contributed by atoms with E-state index in [1.54, 1.807) is 27.7 Å². The molecule has 0 radical (unpaired) electrons. The van der Waals surface area contributed by atoms with Crippen molar-refractivity contribution < 1.29 is 14.0 Å². The number of benzene rings is 1. The highest BCUT2D eigenvalue weighted by Crippen LogP contribution is 2.38. The summed E-state index contributed by atoms with van der Waals surface area (Å²) in [6, 6.07) is 8.15. The van der Waals surface area contributed by atoms with E-state index in [1.165, 1.54) is 12.1 Å². The van der Waals surface area contributed by atoms with Gasteiger partial charge < -0.3 is 10.2 Å². The van der Waals surface area contributed by atoms with Crippen LogP contribution in [0.2, 0.25) is 0 Å². The molecule has 1 spiro atoms. The topological polar surface area (TPSA) is 79.6 Å². The van der Waals surface area contributed by atoms with Crippen molar-refractivity contribution in [2.75, 3.05) is 13.1 Å². The minimum Gasteiger partial charge on any atom is -0.352 e. The normalized spacial score (nSPS) is 18.2. The molecule has 0 bridgehead atoms. The van der Waals surface area contributed by atoms with Crippen LogP contribution in [0.25, 0.3) is 16.9 Å². The summed E-state index contributed by atoms with van der Waals surface area (Å²) in [4.78, 5) is 32.8. The summed E-state index contributed by atoms with van der Waals surface area (Å²) >= 11 is 0. The number of carbonyl (C=O) groups excluding carboxylic acids is 2. The fourth-order valence-corrected chi connectivity index (χ4v) is 5.07. The minimum atomic E-state index is -0.773. The van der Waals surface area contributed by atoms with Gasteiger partial charge in [-0.1, -0.05) is 33.6 Å². The van der Waals surface area contributed by atoms with Gasteiger partial charge in [-0.2, -0.15) is 5.10 Å². The highest BCUT2D eigenvalue weighted by molar-refractivity contribution is 5.99. The highest BCUT2D eigenvalue weighted by Gasteiger charge is 2.50. The molecule has 0 atom stereocenters. The number of hydrogen-bond donors (Lipinski definition) is 1. The van der Waals surface area contributed by atoms with E-state index in [0.29, 0.717) is 37.3 Å². The Kier molecular flexibility index (Phi) is 4.99. The van der Waals surface area contributed by atoms with E-state index in [2.05, 4.69) is 31.2 Å². The van der Waals surface area contributed by atoms with Crippen LogP contribution in [0, 0.1) is 5.82 Å². The molecule has 3 aromatic rings. The Labute approximate surface area is 192 Å². The Morgan fingerprint density at radius 2 is 1.85 bits per heavy atom. The van der Waals surface area contributed by atoms with Crippen LogP contribution in [-0.4, -0.2) is 49.9 Å². The summed E-state index contributed by atoms with van der Waals surface area (Å²) < 4.78 is 15.1. The molecule has 8 heteroatoms. The van der Waals surface area contributed by atoms with Crippen molar-refractivity contribution in [3.63, 3.8) is 0 Å². The van der Waals surface area contributed by atoms with Gasteiger partial charge in [0.15, 0.2) is 5.65 Å². The van der Waals surface area contributed by atoms with Crippen LogP contribution in [0.5, 0.6) is 0 Å². The van der Waals surface area contributed by atoms with Crippen LogP contribution >= 0.6 is 0 Å². The Morgan fingerprint density at radius 1 is 1.15 bits per heavy atom. The first-order valence-electron chi connectivity index (χ1n) is 11.5. The van der Waals surface area contributed by atoms with Crippen LogP contribution in [0.15, 0.2) is 36.5 Å². The number of piperazine rings is 1. The molecule has 2 fully saturated rings. The number of hydrogen-bond acceptors (Lipinski definition) is 4. The van der Waals surface area contributed by atoms with E-state index < -0.39 is 5.54 Å². The largest absolute Gasteiger partial charge is 0.352 e. The van der Waals surface area contributed by atoms with Gasteiger partial charge in [0.25, 0.3) is 5.91 Å². The summed E-state index contributed by atoms with van der Waals surface area (Å²) in [6.07, 6.45) is 4.86. The number of imidazole rings is 1. The summed E-state index contributed by atoms with van der Waals surface area (Å²) in [7, 11) is 0. The monoisotopic (exact) mass is 449 g/mol. The van der Waals surface area contributed by atoms with Gasteiger partial charge in [0.05, 0.1) is 11.9 Å². The number of carbonyl (C=O) groups is 2. The van der Waals surface area contributed by atoms with Crippen LogP contribution in [0.3, 0.4) is 0 Å². The third kappa shape index (κ3) is 3.57. The molecular formula is C25H28FN5O2. The lowest BCUT2D eigenvalue weighted by molar-refractivity contribution is -0.134. The predicted octanol–water partition coefficient (Wildman–Crippen LogP) is 3.72. The lowest BCUT2D eigenvalue weighted by atomic mass is 9.87. The maximum Gasteiger partial charge on any atom is 0.275 e. The maximum atomic E-state index is 13.6. The number of aromatic nitrogens is 3. The molecule has 1 aliphatic carbocycles. The van der Waals surface area contributed by atoms with E-state index in [0.717, 1.165) is 24.0 Å². The van der Waals surface area contributed by atoms with Gasteiger partial charge in [-0.3, -0.25) is 9.59 Å². The fraction of sp³-hybridized carbons (Fsp3) is 0.440. The lowest BCUT2D eigenvalue weighted by Gasteiger charge is -2.43. The van der Waals surface area contributed by atoms with E-state index in [4.69, 9.17) is 4.98 Å². The maximum absolute atomic E-state index is 13.6. The Morgan fingerprint density at radius 3 is 2.52 bits per heavy atom. The Bertz CT molecular complexity index is 1240. The van der Waals surface area contributed by atoms with Gasteiger partial charge in [-0.05, 0) is 48.6 Å². The second-order valence-electron chi connectivity index (χ2n) is 10.0. The van der Waals surface area contributed by atoms with E-state index in [9.17, 15) is 14.0 Å². The molecule has 2 aromatic heterocycles. The summed E-state index contributed by atoms with van der Waals surface area (Å²) in [5.41, 5.74) is 2.25. The second-order valence-corrected chi connectivity index (χ2v) is 10.0. The zero-order chi connectivity index (χ0) is 23.4. The van der Waals surface area contributed by atoms with Crippen molar-refractivity contribution in [2.24, 2.45) is 0 Å². The first kappa shape index (κ1) is 21.6. The number of amides is 2. The molecule has 1 aromatic carbocycles. The molecule has 2 aliphatic rings. The molecule has 1 N–H and O–H groups in total. The Hall–Kier alpha value is -3.29. The van der Waals surface area contributed by atoms with Gasteiger partial charge in [-0.25, -0.2) is 13.9 Å². The quantitative estimate of drug-likeness (QED) is 0.647. The van der Waals surface area contributed by atoms with Gasteiger partial charge in [0, 0.05) is 24.2 Å². The van der Waals surface area contributed by atoms with Crippen LogP contribution < -0.4 is 5.32 Å². The second kappa shape index (κ2) is 7.64. The van der Waals surface area contributed by atoms with Crippen LogP contribution in [0.1, 0.15) is 62.5 Å². The molecule has 1 aliphatic heterocycles. The predicted molar refractivity (Wildman–Crippen MR) is 122 cm³/mol. The molecular weight excluding hydrogens is 421 g/mol. The summed E-state index contributed by atoms with van der Waals surface area (Å²) in [5, 5.41) is 7.62. The molecule has 2 amide bonds. The average molecular weight is 450 g/mol. The molecule has 172 valence electrons. The SMILES string of the molecule is CC(C)(C)c1cc(-c2ccc(F)cc2)nn2cc(C(=O)N3CCNC(=O)C34CCCC4)nc12. The third-order valence-electron chi connectivity index (χ3n) is 6.83. The van der Waals surface area contributed by atoms with Crippen molar-refractivity contribution in [2.45, 2.75) is 57.4 Å². The summed E-state index contributed by atoms with van der Waals surface area (Å²) in [5.74, 6) is -0.603. The lowest BCUT2D eigenvalue weighted by Crippen LogP contribution is -2.65. The number of fused-ring (bicyclic) bond motifs is 1. The molecule has 7 nitrogen and oxygen atoms in total. The third-order valence-corrected chi connectivity index (χ3v) is 6.83. The smallest absolute Gasteiger partial charge is 0.275 e. The van der Waals surface area contributed by atoms with E-state index >= 15 is 0 Å². The van der Waals surface area contributed by atoms with Crippen molar-refractivity contribution in [3.8, 4) is 11.3 Å². The van der Waals surface area contributed by atoms with Gasteiger partial charge >= 0.3 is 0 Å².